The Kier molecular flexibility index (Phi) is 2.37. The molecule has 0 amide bonds. The minimum atomic E-state index is 0.783. The van der Waals surface area contributed by atoms with E-state index < -0.39 is 0 Å². The zero-order valence-electron chi connectivity index (χ0n) is 6.86. The Bertz CT molecular complexity index is 427. The molecule has 13 heavy (non-hydrogen) atoms. The number of aryl methyl sites for hydroxylation is 1. The van der Waals surface area contributed by atoms with E-state index in [0.29, 0.717) is 0 Å². The van der Waals surface area contributed by atoms with Gasteiger partial charge in [-0.05, 0) is 35.0 Å². The summed E-state index contributed by atoms with van der Waals surface area (Å²) in [6.45, 7) is 1.96. The third-order valence-corrected chi connectivity index (χ3v) is 2.89. The molecule has 0 atom stereocenters. The van der Waals surface area contributed by atoms with Gasteiger partial charge in [0.15, 0.2) is 8.92 Å². The number of hydrogen-bond donors (Lipinski definition) is 0. The van der Waals surface area contributed by atoms with Gasteiger partial charge in [0.25, 0.3) is 0 Å². The molecule has 0 saturated carbocycles. The standard InChI is InChI=1S/C8H6BrN3S/c1-5-3-2-4-6(10-5)7-11-12-8(9)13-7/h2-4H,1H3. The van der Waals surface area contributed by atoms with Gasteiger partial charge in [-0.3, -0.25) is 4.98 Å². The van der Waals surface area contributed by atoms with Gasteiger partial charge in [-0.15, -0.1) is 10.2 Å². The molecule has 0 aliphatic carbocycles. The molecule has 0 radical (unpaired) electrons. The fourth-order valence-corrected chi connectivity index (χ4v) is 2.05. The molecule has 2 heterocycles. The maximum Gasteiger partial charge on any atom is 0.183 e. The average Bonchev–Trinajstić information content (AvgIpc) is 2.52. The summed E-state index contributed by atoms with van der Waals surface area (Å²) in [4.78, 5) is 4.34. The van der Waals surface area contributed by atoms with Crippen molar-refractivity contribution in [1.29, 1.82) is 0 Å². The molecule has 0 bridgehead atoms. The third kappa shape index (κ3) is 1.92. The van der Waals surface area contributed by atoms with Gasteiger partial charge < -0.3 is 0 Å². The van der Waals surface area contributed by atoms with Gasteiger partial charge in [0, 0.05) is 5.69 Å². The number of hydrogen-bond acceptors (Lipinski definition) is 4. The van der Waals surface area contributed by atoms with Gasteiger partial charge in [0.1, 0.15) is 5.69 Å². The lowest BCUT2D eigenvalue weighted by Crippen LogP contribution is -1.84. The van der Waals surface area contributed by atoms with Gasteiger partial charge in [-0.25, -0.2) is 0 Å². The lowest BCUT2D eigenvalue weighted by molar-refractivity contribution is 1.06. The van der Waals surface area contributed by atoms with Crippen LogP contribution in [0.4, 0.5) is 0 Å². The van der Waals surface area contributed by atoms with E-state index >= 15 is 0 Å². The van der Waals surface area contributed by atoms with Crippen molar-refractivity contribution in [2.24, 2.45) is 0 Å². The summed E-state index contributed by atoms with van der Waals surface area (Å²) in [7, 11) is 0. The molecule has 0 saturated heterocycles. The second-order valence-electron chi connectivity index (χ2n) is 2.52. The first-order valence-electron chi connectivity index (χ1n) is 3.69. The molecule has 0 aromatic carbocycles. The van der Waals surface area contributed by atoms with Crippen molar-refractivity contribution in [2.45, 2.75) is 6.92 Å². The topological polar surface area (TPSA) is 38.7 Å². The smallest absolute Gasteiger partial charge is 0.183 e. The summed E-state index contributed by atoms with van der Waals surface area (Å²) >= 11 is 4.75. The van der Waals surface area contributed by atoms with Gasteiger partial charge >= 0.3 is 0 Å². The highest BCUT2D eigenvalue weighted by Gasteiger charge is 2.05. The fraction of sp³-hybridized carbons (Fsp3) is 0.125. The molecule has 0 unspecified atom stereocenters. The van der Waals surface area contributed by atoms with E-state index in [2.05, 4.69) is 31.1 Å². The lowest BCUT2D eigenvalue weighted by Gasteiger charge is -1.94. The van der Waals surface area contributed by atoms with E-state index in [1.807, 2.05) is 25.1 Å². The van der Waals surface area contributed by atoms with Crippen molar-refractivity contribution >= 4 is 27.3 Å². The zero-order valence-corrected chi connectivity index (χ0v) is 9.26. The van der Waals surface area contributed by atoms with Crippen molar-refractivity contribution in [2.75, 3.05) is 0 Å². The predicted octanol–water partition coefficient (Wildman–Crippen LogP) is 2.67. The van der Waals surface area contributed by atoms with Crippen LogP contribution >= 0.6 is 27.3 Å². The molecule has 2 aromatic rings. The van der Waals surface area contributed by atoms with E-state index in [1.165, 1.54) is 11.3 Å². The number of pyridine rings is 1. The molecular weight excluding hydrogens is 250 g/mol. The Morgan fingerprint density at radius 2 is 2.15 bits per heavy atom. The van der Waals surface area contributed by atoms with Crippen molar-refractivity contribution < 1.29 is 0 Å². The molecule has 66 valence electrons. The highest BCUT2D eigenvalue weighted by molar-refractivity contribution is 9.11. The Hall–Kier alpha value is -0.810. The SMILES string of the molecule is Cc1cccc(-c2nnc(Br)s2)n1. The average molecular weight is 256 g/mol. The number of aromatic nitrogens is 3. The minimum absolute atomic E-state index is 0.783. The van der Waals surface area contributed by atoms with Crippen LogP contribution in [0.3, 0.4) is 0 Å². The van der Waals surface area contributed by atoms with Crippen LogP contribution in [0.25, 0.3) is 10.7 Å². The molecule has 0 aliphatic heterocycles. The first-order chi connectivity index (χ1) is 6.25. The van der Waals surface area contributed by atoms with Crippen LogP contribution in [0.2, 0.25) is 0 Å². The second kappa shape index (κ2) is 3.51. The summed E-state index contributed by atoms with van der Waals surface area (Å²) in [5, 5.41) is 8.70. The highest BCUT2D eigenvalue weighted by atomic mass is 79.9. The molecule has 2 rings (SSSR count). The number of halogens is 1. The quantitative estimate of drug-likeness (QED) is 0.787. The van der Waals surface area contributed by atoms with Crippen molar-refractivity contribution in [3.8, 4) is 10.7 Å². The van der Waals surface area contributed by atoms with Crippen LogP contribution in [0.5, 0.6) is 0 Å². The zero-order chi connectivity index (χ0) is 9.26. The van der Waals surface area contributed by atoms with Crippen LogP contribution in [-0.4, -0.2) is 15.2 Å². The van der Waals surface area contributed by atoms with E-state index in [4.69, 9.17) is 0 Å². The Morgan fingerprint density at radius 3 is 2.77 bits per heavy atom. The van der Waals surface area contributed by atoms with Crippen LogP contribution in [0.1, 0.15) is 5.69 Å². The molecular formula is C8H6BrN3S. The Labute approximate surface area is 88.0 Å². The van der Waals surface area contributed by atoms with Crippen LogP contribution in [0.15, 0.2) is 22.1 Å². The van der Waals surface area contributed by atoms with Gasteiger partial charge in [0.2, 0.25) is 0 Å². The summed E-state index contributed by atoms with van der Waals surface area (Å²) in [5.41, 5.74) is 1.87. The molecule has 0 N–H and O–H groups in total. The maximum absolute atomic E-state index is 4.34. The van der Waals surface area contributed by atoms with Gasteiger partial charge in [0.05, 0.1) is 0 Å². The van der Waals surface area contributed by atoms with E-state index in [1.54, 1.807) is 0 Å². The van der Waals surface area contributed by atoms with Crippen LogP contribution < -0.4 is 0 Å². The van der Waals surface area contributed by atoms with Crippen LogP contribution in [-0.2, 0) is 0 Å². The van der Waals surface area contributed by atoms with Gasteiger partial charge in [-0.1, -0.05) is 17.4 Å². The normalized spacial score (nSPS) is 10.3. The Morgan fingerprint density at radius 1 is 1.31 bits per heavy atom. The molecule has 5 heteroatoms. The largest absolute Gasteiger partial charge is 0.251 e. The van der Waals surface area contributed by atoms with E-state index in [9.17, 15) is 0 Å². The second-order valence-corrected chi connectivity index (χ2v) is 4.78. The molecule has 0 fully saturated rings. The van der Waals surface area contributed by atoms with E-state index in [-0.39, 0.29) is 0 Å². The Balaban J connectivity index is 2.46. The van der Waals surface area contributed by atoms with Crippen molar-refractivity contribution in [1.82, 2.24) is 15.2 Å². The first-order valence-corrected chi connectivity index (χ1v) is 5.30. The van der Waals surface area contributed by atoms with Crippen LogP contribution in [0, 0.1) is 6.92 Å². The van der Waals surface area contributed by atoms with E-state index in [0.717, 1.165) is 20.3 Å². The molecule has 0 spiro atoms. The summed E-state index contributed by atoms with van der Waals surface area (Å²) in [5.74, 6) is 0. The predicted molar refractivity (Wildman–Crippen MR) is 55.6 cm³/mol. The number of rotatable bonds is 1. The van der Waals surface area contributed by atoms with Crippen molar-refractivity contribution in [3.05, 3.63) is 27.8 Å². The third-order valence-electron chi connectivity index (χ3n) is 1.51. The molecule has 0 aliphatic rings. The fourth-order valence-electron chi connectivity index (χ4n) is 0.971. The maximum atomic E-state index is 4.34. The summed E-state index contributed by atoms with van der Waals surface area (Å²) in [6, 6.07) is 5.85. The molecule has 2 aromatic heterocycles. The van der Waals surface area contributed by atoms with Crippen molar-refractivity contribution in [3.63, 3.8) is 0 Å². The molecule has 3 nitrogen and oxygen atoms in total. The minimum Gasteiger partial charge on any atom is -0.251 e. The highest BCUT2D eigenvalue weighted by Crippen LogP contribution is 2.24. The summed E-state index contributed by atoms with van der Waals surface area (Å²) in [6.07, 6.45) is 0. The first kappa shape index (κ1) is 8.77. The lowest BCUT2D eigenvalue weighted by atomic mass is 10.3. The number of nitrogens with zero attached hydrogens (tertiary/aromatic N) is 3. The van der Waals surface area contributed by atoms with Gasteiger partial charge in [-0.2, -0.15) is 0 Å². The monoisotopic (exact) mass is 255 g/mol. The summed E-state index contributed by atoms with van der Waals surface area (Å²) < 4.78 is 0.783.